The molecule has 13 heteroatoms. The highest BCUT2D eigenvalue weighted by atomic mass is 32.2. The Kier molecular flexibility index (Phi) is 7.20. The van der Waals surface area contributed by atoms with Gasteiger partial charge < -0.3 is 15.3 Å². The maximum Gasteiger partial charge on any atom is 0.257 e. The van der Waals surface area contributed by atoms with Gasteiger partial charge in [-0.25, -0.2) is 13.5 Å². The average molecular weight is 562 g/mol. The summed E-state index contributed by atoms with van der Waals surface area (Å²) >= 11 is -0.115. The zero-order chi connectivity index (χ0) is 26.3. The van der Waals surface area contributed by atoms with Crippen LogP contribution in [0.1, 0.15) is 30.4 Å². The largest absolute Gasteiger partial charge is 0.396 e. The summed E-state index contributed by atoms with van der Waals surface area (Å²) in [5.41, 5.74) is 4.49. The quantitative estimate of drug-likeness (QED) is 0.383. The van der Waals surface area contributed by atoms with Gasteiger partial charge in [0, 0.05) is 56.0 Å². The predicted molar refractivity (Wildman–Crippen MR) is 142 cm³/mol. The lowest BCUT2D eigenvalue weighted by atomic mass is 9.81. The predicted octanol–water partition coefficient (Wildman–Crippen LogP) is 3.51. The van der Waals surface area contributed by atoms with Crippen LogP contribution in [0, 0.1) is 11.4 Å². The Morgan fingerprint density at radius 1 is 1.21 bits per heavy atom. The van der Waals surface area contributed by atoms with E-state index in [4.69, 9.17) is 5.11 Å². The summed E-state index contributed by atoms with van der Waals surface area (Å²) < 4.78 is 44.0. The zero-order valence-corrected chi connectivity index (χ0v) is 22.4. The number of nitrogens with zero attached hydrogens (tertiary/aromatic N) is 6. The average Bonchev–Trinajstić information content (AvgIpc) is 3.64. The fourth-order valence-electron chi connectivity index (χ4n) is 5.92. The molecule has 0 bridgehead atoms. The van der Waals surface area contributed by atoms with Crippen molar-refractivity contribution in [2.75, 3.05) is 44.6 Å². The van der Waals surface area contributed by atoms with Crippen molar-refractivity contribution in [2.45, 2.75) is 37.3 Å². The van der Waals surface area contributed by atoms with Gasteiger partial charge in [-0.1, -0.05) is 12.1 Å². The highest BCUT2D eigenvalue weighted by molar-refractivity contribution is 7.92. The van der Waals surface area contributed by atoms with Crippen LogP contribution in [0.4, 0.5) is 19.9 Å². The van der Waals surface area contributed by atoms with Gasteiger partial charge in [0.15, 0.2) is 23.3 Å². The van der Waals surface area contributed by atoms with Crippen LogP contribution in [0.2, 0.25) is 0 Å². The van der Waals surface area contributed by atoms with Crippen molar-refractivity contribution in [1.82, 2.24) is 28.4 Å². The van der Waals surface area contributed by atoms with Crippen molar-refractivity contribution in [3.8, 4) is 11.1 Å². The molecule has 1 spiro atoms. The number of aryl methyl sites for hydroxylation is 1. The molecule has 2 N–H and O–H groups in total. The van der Waals surface area contributed by atoms with Gasteiger partial charge in [-0.3, -0.25) is 0 Å². The number of fused-ring (bicyclic) bond motifs is 1. The molecule has 1 atom stereocenters. The lowest BCUT2D eigenvalue weighted by Crippen LogP contribution is -2.57. The van der Waals surface area contributed by atoms with Crippen LogP contribution in [-0.4, -0.2) is 77.0 Å². The molecule has 0 saturated carbocycles. The second-order valence-corrected chi connectivity index (χ2v) is 12.1. The first-order valence-corrected chi connectivity index (χ1v) is 14.6. The Morgan fingerprint density at radius 2 is 2.08 bits per heavy atom. The normalized spacial score (nSPS) is 19.6. The van der Waals surface area contributed by atoms with Gasteiger partial charge in [0.1, 0.15) is 0 Å². The van der Waals surface area contributed by atoms with Crippen LogP contribution in [0.3, 0.4) is 0 Å². The van der Waals surface area contributed by atoms with Crippen LogP contribution in [-0.2, 0) is 23.8 Å². The Hall–Kier alpha value is -2.45. The monoisotopic (exact) mass is 561 g/mol. The molecule has 6 rings (SSSR count). The van der Waals surface area contributed by atoms with Crippen molar-refractivity contribution < 1.29 is 17.6 Å². The van der Waals surface area contributed by atoms with E-state index in [1.54, 1.807) is 6.07 Å². The molecule has 2 aromatic heterocycles. The summed E-state index contributed by atoms with van der Waals surface area (Å²) in [6, 6.07) is 7.07. The maximum atomic E-state index is 13.9. The number of halogens is 2. The number of aliphatic hydroxyl groups is 1. The highest BCUT2D eigenvalue weighted by Gasteiger charge is 2.50. The second-order valence-electron chi connectivity index (χ2n) is 10.3. The number of pyridine rings is 1. The molecular weight excluding hydrogens is 532 g/mol. The van der Waals surface area contributed by atoms with Crippen LogP contribution in [0.25, 0.3) is 11.1 Å². The van der Waals surface area contributed by atoms with E-state index < -0.39 is 16.9 Å². The molecule has 4 heterocycles. The maximum absolute atomic E-state index is 13.9. The van der Waals surface area contributed by atoms with Gasteiger partial charge in [-0.2, -0.15) is 9.37 Å². The third-order valence-corrected chi connectivity index (χ3v) is 9.34. The van der Waals surface area contributed by atoms with Gasteiger partial charge in [-0.05, 0) is 61.4 Å². The molecular formula is C25H29F2N7O2S2. The third-order valence-electron chi connectivity index (χ3n) is 7.75. The minimum atomic E-state index is -1.62. The molecule has 2 fully saturated rings. The van der Waals surface area contributed by atoms with E-state index >= 15 is 0 Å². The number of nitrogens with one attached hydrogen (secondary N) is 1. The van der Waals surface area contributed by atoms with Gasteiger partial charge in [0.2, 0.25) is 11.9 Å². The molecule has 2 aliphatic heterocycles. The smallest absolute Gasteiger partial charge is 0.257 e. The number of rotatable bonds is 9. The standard InChI is InChI=1S/C25H29F2N7O2S2/c26-21-13-18(7-9-28-21)20-6-5-17-3-1-4-19(17)22(20)29-23-30-24(31-34(23)37-27)38(36)33-15-25(16-33)8-11-32(14-25)10-2-12-35/h5-7,9,13,35H,1-4,8,10-12,14-16H2,(H,29,30,31). The lowest BCUT2D eigenvalue weighted by Gasteiger charge is -2.46. The first-order chi connectivity index (χ1) is 18.5. The minimum absolute atomic E-state index is 0.0479. The molecule has 1 aliphatic carbocycles. The van der Waals surface area contributed by atoms with Crippen LogP contribution >= 0.6 is 12.3 Å². The molecule has 1 unspecified atom stereocenters. The fourth-order valence-corrected chi connectivity index (χ4v) is 7.56. The number of aromatic nitrogens is 4. The molecule has 0 radical (unpaired) electrons. The van der Waals surface area contributed by atoms with Crippen LogP contribution in [0.15, 0.2) is 35.6 Å². The van der Waals surface area contributed by atoms with E-state index in [9.17, 15) is 12.5 Å². The third kappa shape index (κ3) is 4.86. The molecule has 2 saturated heterocycles. The van der Waals surface area contributed by atoms with E-state index in [-0.39, 0.29) is 35.5 Å². The summed E-state index contributed by atoms with van der Waals surface area (Å²) in [6.07, 6.45) is 5.96. The number of anilines is 2. The molecule has 3 aromatic rings. The van der Waals surface area contributed by atoms with Crippen molar-refractivity contribution in [2.24, 2.45) is 5.41 Å². The van der Waals surface area contributed by atoms with Gasteiger partial charge >= 0.3 is 0 Å². The van der Waals surface area contributed by atoms with Gasteiger partial charge in [0.05, 0.1) is 5.69 Å². The summed E-state index contributed by atoms with van der Waals surface area (Å²) in [5, 5.41) is 16.6. The van der Waals surface area contributed by atoms with E-state index in [1.165, 1.54) is 17.8 Å². The molecule has 38 heavy (non-hydrogen) atoms. The fraction of sp³-hybridized carbons (Fsp3) is 0.480. The van der Waals surface area contributed by atoms with Crippen molar-refractivity contribution >= 4 is 35.0 Å². The second kappa shape index (κ2) is 10.6. The SMILES string of the molecule is O=S(c1nc(Nc2c(-c3ccnc(F)c3)ccc3c2CCC3)n(SF)n1)N1CC2(CCN(CCCO)C2)C1. The Morgan fingerprint density at radius 3 is 2.87 bits per heavy atom. The van der Waals surface area contributed by atoms with E-state index in [1.807, 2.05) is 16.4 Å². The molecule has 202 valence electrons. The summed E-state index contributed by atoms with van der Waals surface area (Å²) in [5.74, 6) is -0.455. The Balaban J connectivity index is 1.23. The number of likely N-dealkylation sites (tertiary alicyclic amines) is 1. The minimum Gasteiger partial charge on any atom is -0.396 e. The topological polar surface area (TPSA) is 99.4 Å². The lowest BCUT2D eigenvalue weighted by molar-refractivity contribution is 0.0815. The summed E-state index contributed by atoms with van der Waals surface area (Å²) in [4.78, 5) is 10.4. The molecule has 1 aromatic carbocycles. The first-order valence-electron chi connectivity index (χ1n) is 12.8. The molecule has 3 aliphatic rings. The summed E-state index contributed by atoms with van der Waals surface area (Å²) in [6.45, 7) is 4.29. The Bertz CT molecular complexity index is 1370. The summed E-state index contributed by atoms with van der Waals surface area (Å²) in [7, 11) is -1.62. The van der Waals surface area contributed by atoms with E-state index in [0.29, 0.717) is 18.7 Å². The number of hydrogen-bond donors (Lipinski definition) is 2. The van der Waals surface area contributed by atoms with Gasteiger partial charge in [-0.15, -0.1) is 13.1 Å². The van der Waals surface area contributed by atoms with Crippen molar-refractivity contribution in [3.63, 3.8) is 0 Å². The van der Waals surface area contributed by atoms with Gasteiger partial charge in [0.25, 0.3) is 5.16 Å². The number of hydrogen-bond acceptors (Lipinski definition) is 8. The Labute approximate surface area is 226 Å². The highest BCUT2D eigenvalue weighted by Crippen LogP contribution is 2.42. The molecule has 0 amide bonds. The van der Waals surface area contributed by atoms with E-state index in [0.717, 1.165) is 72.6 Å². The first kappa shape index (κ1) is 25.8. The molecule has 9 nitrogen and oxygen atoms in total. The number of aliphatic hydroxyl groups excluding tert-OH is 1. The van der Waals surface area contributed by atoms with Crippen molar-refractivity contribution in [3.05, 3.63) is 47.5 Å². The zero-order valence-electron chi connectivity index (χ0n) is 20.8. The van der Waals surface area contributed by atoms with Crippen molar-refractivity contribution in [1.29, 1.82) is 0 Å². The number of benzene rings is 1. The van der Waals surface area contributed by atoms with E-state index in [2.05, 4.69) is 25.3 Å². The van der Waals surface area contributed by atoms with Crippen LogP contribution in [0.5, 0.6) is 0 Å². The van der Waals surface area contributed by atoms with Crippen LogP contribution < -0.4 is 5.32 Å².